The quantitative estimate of drug-likeness (QED) is 0.316. The summed E-state index contributed by atoms with van der Waals surface area (Å²) in [4.78, 5) is 57.0. The van der Waals surface area contributed by atoms with Crippen molar-refractivity contribution in [1.82, 2.24) is 0 Å². The summed E-state index contributed by atoms with van der Waals surface area (Å²) >= 11 is 0. The van der Waals surface area contributed by atoms with E-state index in [9.17, 15) is 19.2 Å². The summed E-state index contributed by atoms with van der Waals surface area (Å²) in [6, 6.07) is 28.4. The SMILES string of the molecule is O=C1C2C(c3ccccc3)OC3(C(=O)c4ccccc4C3=O)C2C(=O)N1c1cccc2ccccc12. The van der Waals surface area contributed by atoms with Crippen LogP contribution in [0, 0.1) is 11.8 Å². The minimum atomic E-state index is -2.07. The first-order chi connectivity index (χ1) is 17.5. The number of carbonyl (C=O) groups excluding carboxylic acids is 4. The highest BCUT2D eigenvalue weighted by Gasteiger charge is 2.74. The number of benzene rings is 4. The molecule has 2 amide bonds. The number of anilines is 1. The number of amides is 2. The van der Waals surface area contributed by atoms with Crippen LogP contribution in [0.2, 0.25) is 0 Å². The number of carbonyl (C=O) groups is 4. The van der Waals surface area contributed by atoms with Crippen LogP contribution in [0.1, 0.15) is 32.4 Å². The van der Waals surface area contributed by atoms with Crippen molar-refractivity contribution in [3.8, 4) is 0 Å². The fourth-order valence-electron chi connectivity index (χ4n) is 6.10. The molecule has 6 nitrogen and oxygen atoms in total. The summed E-state index contributed by atoms with van der Waals surface area (Å²) < 4.78 is 6.32. The number of fused-ring (bicyclic) bond motifs is 4. The van der Waals surface area contributed by atoms with E-state index in [-0.39, 0.29) is 11.1 Å². The molecule has 3 unspecified atom stereocenters. The number of rotatable bonds is 2. The first-order valence-corrected chi connectivity index (χ1v) is 11.8. The van der Waals surface area contributed by atoms with E-state index >= 15 is 0 Å². The maximum atomic E-state index is 14.1. The monoisotopic (exact) mass is 473 g/mol. The zero-order chi connectivity index (χ0) is 24.6. The van der Waals surface area contributed by atoms with Gasteiger partial charge in [-0.25, -0.2) is 4.90 Å². The predicted molar refractivity (Wildman–Crippen MR) is 132 cm³/mol. The van der Waals surface area contributed by atoms with Crippen LogP contribution in [0.5, 0.6) is 0 Å². The van der Waals surface area contributed by atoms with Crippen LogP contribution in [0.4, 0.5) is 5.69 Å². The predicted octanol–water partition coefficient (Wildman–Crippen LogP) is 4.53. The second kappa shape index (κ2) is 7.29. The lowest BCUT2D eigenvalue weighted by molar-refractivity contribution is -0.127. The highest BCUT2D eigenvalue weighted by molar-refractivity contribution is 6.37. The second-order valence-electron chi connectivity index (χ2n) is 9.40. The van der Waals surface area contributed by atoms with Crippen LogP contribution in [-0.2, 0) is 14.3 Å². The van der Waals surface area contributed by atoms with Gasteiger partial charge >= 0.3 is 0 Å². The molecule has 6 heteroatoms. The fraction of sp³-hybridized carbons (Fsp3) is 0.133. The topological polar surface area (TPSA) is 80.8 Å². The van der Waals surface area contributed by atoms with Crippen molar-refractivity contribution in [1.29, 1.82) is 0 Å². The Bertz CT molecular complexity index is 1580. The van der Waals surface area contributed by atoms with E-state index in [4.69, 9.17) is 4.74 Å². The van der Waals surface area contributed by atoms with Crippen molar-refractivity contribution in [2.75, 3.05) is 4.90 Å². The van der Waals surface area contributed by atoms with Crippen LogP contribution in [0.3, 0.4) is 0 Å². The number of imide groups is 1. The summed E-state index contributed by atoms with van der Waals surface area (Å²) in [5, 5.41) is 1.61. The van der Waals surface area contributed by atoms with Gasteiger partial charge < -0.3 is 4.74 Å². The Labute approximate surface area is 206 Å². The molecule has 2 saturated heterocycles. The molecular weight excluding hydrogens is 454 g/mol. The first kappa shape index (κ1) is 20.9. The van der Waals surface area contributed by atoms with E-state index in [1.807, 2.05) is 36.4 Å². The molecule has 4 aromatic carbocycles. The molecule has 0 bridgehead atoms. The van der Waals surface area contributed by atoms with Gasteiger partial charge in [-0.2, -0.15) is 0 Å². The molecule has 1 aliphatic carbocycles. The summed E-state index contributed by atoms with van der Waals surface area (Å²) in [5.74, 6) is -4.45. The summed E-state index contributed by atoms with van der Waals surface area (Å²) in [5.41, 5.74) is -0.546. The van der Waals surface area contributed by atoms with Crippen molar-refractivity contribution in [2.24, 2.45) is 11.8 Å². The van der Waals surface area contributed by atoms with Gasteiger partial charge in [-0.15, -0.1) is 0 Å². The second-order valence-corrected chi connectivity index (χ2v) is 9.40. The number of Topliss-reactive ketones (excluding diaryl/α,β-unsaturated/α-hetero) is 2. The highest BCUT2D eigenvalue weighted by atomic mass is 16.5. The van der Waals surface area contributed by atoms with E-state index in [1.165, 1.54) is 0 Å². The Morgan fingerprint density at radius 3 is 1.97 bits per heavy atom. The zero-order valence-electron chi connectivity index (χ0n) is 19.0. The van der Waals surface area contributed by atoms with Gasteiger partial charge in [0.05, 0.1) is 23.6 Å². The molecule has 1 spiro atoms. The van der Waals surface area contributed by atoms with Crippen LogP contribution in [-0.4, -0.2) is 29.0 Å². The third-order valence-electron chi connectivity index (χ3n) is 7.65. The summed E-state index contributed by atoms with van der Waals surface area (Å²) in [6.45, 7) is 0. The maximum absolute atomic E-state index is 14.1. The third-order valence-corrected chi connectivity index (χ3v) is 7.65. The van der Waals surface area contributed by atoms with Crippen molar-refractivity contribution in [2.45, 2.75) is 11.7 Å². The van der Waals surface area contributed by atoms with Gasteiger partial charge in [-0.1, -0.05) is 91.0 Å². The molecule has 4 aromatic rings. The lowest BCUT2D eigenvalue weighted by Crippen LogP contribution is -2.51. The molecule has 2 aliphatic heterocycles. The van der Waals surface area contributed by atoms with E-state index < -0.39 is 46.9 Å². The Balaban J connectivity index is 1.45. The lowest BCUT2D eigenvalue weighted by Gasteiger charge is -2.27. The van der Waals surface area contributed by atoms with Gasteiger partial charge in [0.1, 0.15) is 0 Å². The van der Waals surface area contributed by atoms with E-state index in [0.717, 1.165) is 15.7 Å². The number of ether oxygens (including phenoxy) is 1. The Morgan fingerprint density at radius 2 is 1.25 bits per heavy atom. The molecular formula is C30H19NO5. The maximum Gasteiger partial charge on any atom is 0.241 e. The molecule has 2 heterocycles. The van der Waals surface area contributed by atoms with Gasteiger partial charge in [0.2, 0.25) is 29.0 Å². The lowest BCUT2D eigenvalue weighted by atomic mass is 9.77. The van der Waals surface area contributed by atoms with Crippen LogP contribution < -0.4 is 4.90 Å². The molecule has 36 heavy (non-hydrogen) atoms. The van der Waals surface area contributed by atoms with Gasteiger partial charge in [-0.05, 0) is 17.0 Å². The number of hydrogen-bond acceptors (Lipinski definition) is 5. The third kappa shape index (κ3) is 2.49. The fourth-order valence-corrected chi connectivity index (χ4v) is 6.10. The van der Waals surface area contributed by atoms with Crippen molar-refractivity contribution in [3.63, 3.8) is 0 Å². The molecule has 2 fully saturated rings. The minimum Gasteiger partial charge on any atom is -0.349 e. The van der Waals surface area contributed by atoms with Gasteiger partial charge in [-0.3, -0.25) is 19.2 Å². The Hall–Kier alpha value is -4.42. The van der Waals surface area contributed by atoms with Gasteiger partial charge in [0.15, 0.2) is 0 Å². The molecule has 0 radical (unpaired) electrons. The molecule has 3 atom stereocenters. The standard InChI is InChI=1S/C30H19NO5/c32-26-20-14-6-7-15-21(20)27(33)30(26)24-23(25(36-30)18-10-2-1-3-11-18)28(34)31(29(24)35)22-16-8-12-17-9-4-5-13-19(17)22/h1-16,23-25H. The van der Waals surface area contributed by atoms with E-state index in [0.29, 0.717) is 11.3 Å². The summed E-state index contributed by atoms with van der Waals surface area (Å²) in [6.07, 6.45) is -0.921. The molecule has 174 valence electrons. The zero-order valence-corrected chi connectivity index (χ0v) is 19.0. The minimum absolute atomic E-state index is 0.221. The van der Waals surface area contributed by atoms with Crippen molar-refractivity contribution in [3.05, 3.63) is 114 Å². The van der Waals surface area contributed by atoms with Crippen LogP contribution >= 0.6 is 0 Å². The Kier molecular flexibility index (Phi) is 4.23. The molecule has 0 aromatic heterocycles. The largest absolute Gasteiger partial charge is 0.349 e. The average molecular weight is 473 g/mol. The first-order valence-electron chi connectivity index (χ1n) is 11.8. The molecule has 0 saturated carbocycles. The van der Waals surface area contributed by atoms with Crippen LogP contribution in [0.25, 0.3) is 10.8 Å². The summed E-state index contributed by atoms with van der Waals surface area (Å²) in [7, 11) is 0. The molecule has 0 N–H and O–H groups in total. The van der Waals surface area contributed by atoms with Gasteiger partial charge in [0, 0.05) is 16.5 Å². The van der Waals surface area contributed by atoms with Crippen LogP contribution in [0.15, 0.2) is 97.1 Å². The number of ketones is 2. The smallest absolute Gasteiger partial charge is 0.241 e. The van der Waals surface area contributed by atoms with Crippen molar-refractivity contribution >= 4 is 39.8 Å². The number of hydrogen-bond donors (Lipinski definition) is 0. The highest BCUT2D eigenvalue weighted by Crippen LogP contribution is 2.58. The van der Waals surface area contributed by atoms with E-state index in [1.54, 1.807) is 60.7 Å². The van der Waals surface area contributed by atoms with Gasteiger partial charge in [0.25, 0.3) is 0 Å². The van der Waals surface area contributed by atoms with Crippen molar-refractivity contribution < 1.29 is 23.9 Å². The average Bonchev–Trinajstić information content (AvgIpc) is 3.49. The Morgan fingerprint density at radius 1 is 0.639 bits per heavy atom. The molecule has 3 aliphatic rings. The number of nitrogens with zero attached hydrogens (tertiary/aromatic N) is 1. The van der Waals surface area contributed by atoms with E-state index in [2.05, 4.69) is 0 Å². The molecule has 7 rings (SSSR count). The normalized spacial score (nSPS) is 24.1.